The lowest BCUT2D eigenvalue weighted by Gasteiger charge is -2.34. The lowest BCUT2D eigenvalue weighted by Crippen LogP contribution is -2.52. The van der Waals surface area contributed by atoms with Crippen molar-refractivity contribution in [1.29, 1.82) is 0 Å². The van der Waals surface area contributed by atoms with Gasteiger partial charge in [0.1, 0.15) is 0 Å². The zero-order chi connectivity index (χ0) is 9.19. The van der Waals surface area contributed by atoms with E-state index in [9.17, 15) is 13.2 Å². The maximum atomic E-state index is 12.0. The van der Waals surface area contributed by atoms with Crippen molar-refractivity contribution in [2.75, 3.05) is 26.2 Å². The SMILES string of the molecule is C[C@H]1CNCCN1CC(F)(F)F.Cl.Cl. The zero-order valence-corrected chi connectivity index (χ0v) is 9.44. The molecule has 0 aromatic rings. The number of alkyl halides is 3. The summed E-state index contributed by atoms with van der Waals surface area (Å²) in [7, 11) is 0. The van der Waals surface area contributed by atoms with Gasteiger partial charge in [-0.3, -0.25) is 4.90 Å². The first-order valence-corrected chi connectivity index (χ1v) is 4.00. The Bertz CT molecular complexity index is 154. The maximum absolute atomic E-state index is 12.0. The summed E-state index contributed by atoms with van der Waals surface area (Å²) in [4.78, 5) is 1.45. The van der Waals surface area contributed by atoms with Crippen molar-refractivity contribution < 1.29 is 13.2 Å². The molecule has 0 spiro atoms. The van der Waals surface area contributed by atoms with Crippen LogP contribution in [0, 0.1) is 0 Å². The van der Waals surface area contributed by atoms with Crippen LogP contribution in [0.1, 0.15) is 6.92 Å². The largest absolute Gasteiger partial charge is 0.401 e. The average molecular weight is 255 g/mol. The van der Waals surface area contributed by atoms with Gasteiger partial charge in [-0.15, -0.1) is 24.8 Å². The molecular weight excluding hydrogens is 240 g/mol. The fraction of sp³-hybridized carbons (Fsp3) is 1.00. The van der Waals surface area contributed by atoms with Crippen molar-refractivity contribution in [2.45, 2.75) is 19.1 Å². The Balaban J connectivity index is 0. The summed E-state index contributed by atoms with van der Waals surface area (Å²) in [5.41, 5.74) is 0. The molecule has 1 rings (SSSR count). The van der Waals surface area contributed by atoms with Crippen molar-refractivity contribution in [3.8, 4) is 0 Å². The Morgan fingerprint density at radius 2 is 1.93 bits per heavy atom. The van der Waals surface area contributed by atoms with Crippen LogP contribution in [0.4, 0.5) is 13.2 Å². The summed E-state index contributed by atoms with van der Waals surface area (Å²) in [6.45, 7) is 2.81. The number of hydrogen-bond donors (Lipinski definition) is 1. The number of nitrogens with one attached hydrogen (secondary N) is 1. The van der Waals surface area contributed by atoms with Gasteiger partial charge in [-0.2, -0.15) is 13.2 Å². The maximum Gasteiger partial charge on any atom is 0.401 e. The number of halogens is 5. The second-order valence-corrected chi connectivity index (χ2v) is 3.14. The predicted octanol–water partition coefficient (Wildman–Crippen LogP) is 1.69. The molecule has 1 N–H and O–H groups in total. The normalized spacial score (nSPS) is 23.6. The summed E-state index contributed by atoms with van der Waals surface area (Å²) in [6.07, 6.45) is -4.06. The van der Waals surface area contributed by atoms with Gasteiger partial charge in [0, 0.05) is 25.7 Å². The summed E-state index contributed by atoms with van der Waals surface area (Å²) < 4.78 is 35.9. The number of piperazine rings is 1. The summed E-state index contributed by atoms with van der Waals surface area (Å²) in [5.74, 6) is 0. The minimum absolute atomic E-state index is 0. The Kier molecular flexibility index (Phi) is 8.01. The standard InChI is InChI=1S/C7H13F3N2.2ClH/c1-6-4-11-2-3-12(6)5-7(8,9)10;;/h6,11H,2-5H2,1H3;2*1H/t6-;;/m0../s1. The lowest BCUT2D eigenvalue weighted by molar-refractivity contribution is -0.151. The van der Waals surface area contributed by atoms with Crippen molar-refractivity contribution >= 4 is 24.8 Å². The minimum atomic E-state index is -4.06. The van der Waals surface area contributed by atoms with E-state index in [2.05, 4.69) is 5.32 Å². The highest BCUT2D eigenvalue weighted by atomic mass is 35.5. The zero-order valence-electron chi connectivity index (χ0n) is 7.80. The molecular formula is C7H15Cl2F3N2. The molecule has 0 aliphatic carbocycles. The number of nitrogens with zero attached hydrogens (tertiary/aromatic N) is 1. The fourth-order valence-corrected chi connectivity index (χ4v) is 1.35. The number of hydrogen-bond acceptors (Lipinski definition) is 2. The third-order valence-corrected chi connectivity index (χ3v) is 2.02. The summed E-state index contributed by atoms with van der Waals surface area (Å²) >= 11 is 0. The van der Waals surface area contributed by atoms with Crippen LogP contribution in [-0.4, -0.2) is 43.3 Å². The Morgan fingerprint density at radius 3 is 2.36 bits per heavy atom. The van der Waals surface area contributed by atoms with Crippen LogP contribution in [0.3, 0.4) is 0 Å². The fourth-order valence-electron chi connectivity index (χ4n) is 1.35. The highest BCUT2D eigenvalue weighted by Crippen LogP contribution is 2.18. The first-order valence-electron chi connectivity index (χ1n) is 4.00. The molecule has 14 heavy (non-hydrogen) atoms. The van der Waals surface area contributed by atoms with Gasteiger partial charge in [0.15, 0.2) is 0 Å². The molecule has 0 aromatic carbocycles. The van der Waals surface area contributed by atoms with Crippen molar-refractivity contribution in [1.82, 2.24) is 10.2 Å². The van der Waals surface area contributed by atoms with Crippen LogP contribution in [0.5, 0.6) is 0 Å². The molecule has 0 amide bonds. The van der Waals surface area contributed by atoms with Crippen LogP contribution in [0.2, 0.25) is 0 Å². The van der Waals surface area contributed by atoms with E-state index in [-0.39, 0.29) is 30.9 Å². The quantitative estimate of drug-likeness (QED) is 0.767. The lowest BCUT2D eigenvalue weighted by atomic mass is 10.2. The van der Waals surface area contributed by atoms with E-state index in [4.69, 9.17) is 0 Å². The van der Waals surface area contributed by atoms with Gasteiger partial charge < -0.3 is 5.32 Å². The van der Waals surface area contributed by atoms with E-state index in [0.717, 1.165) is 0 Å². The molecule has 1 saturated heterocycles. The van der Waals surface area contributed by atoms with E-state index < -0.39 is 12.7 Å². The number of rotatable bonds is 1. The molecule has 7 heteroatoms. The van der Waals surface area contributed by atoms with Gasteiger partial charge in [-0.1, -0.05) is 0 Å². The van der Waals surface area contributed by atoms with E-state index in [1.54, 1.807) is 6.92 Å². The topological polar surface area (TPSA) is 15.3 Å². The molecule has 1 atom stereocenters. The second kappa shape index (κ2) is 6.71. The third kappa shape index (κ3) is 5.90. The Morgan fingerprint density at radius 1 is 1.36 bits per heavy atom. The van der Waals surface area contributed by atoms with E-state index in [0.29, 0.717) is 19.6 Å². The van der Waals surface area contributed by atoms with Gasteiger partial charge in [-0.25, -0.2) is 0 Å². The van der Waals surface area contributed by atoms with Crippen LogP contribution in [0.25, 0.3) is 0 Å². The minimum Gasteiger partial charge on any atom is -0.314 e. The van der Waals surface area contributed by atoms with Crippen molar-refractivity contribution in [3.05, 3.63) is 0 Å². The van der Waals surface area contributed by atoms with Crippen molar-refractivity contribution in [2.24, 2.45) is 0 Å². The highest BCUT2D eigenvalue weighted by Gasteiger charge is 2.33. The molecule has 0 bridgehead atoms. The molecule has 1 aliphatic rings. The Hall–Kier alpha value is 0.290. The molecule has 1 aliphatic heterocycles. The predicted molar refractivity (Wildman–Crippen MR) is 54.5 cm³/mol. The molecule has 0 radical (unpaired) electrons. The smallest absolute Gasteiger partial charge is 0.314 e. The van der Waals surface area contributed by atoms with E-state index in [1.807, 2.05) is 0 Å². The summed E-state index contributed by atoms with van der Waals surface area (Å²) in [6, 6.07) is -0.0135. The van der Waals surface area contributed by atoms with Gasteiger partial charge >= 0.3 is 6.18 Å². The van der Waals surface area contributed by atoms with Crippen LogP contribution in [-0.2, 0) is 0 Å². The van der Waals surface area contributed by atoms with Crippen LogP contribution < -0.4 is 5.32 Å². The first-order chi connectivity index (χ1) is 5.49. The van der Waals surface area contributed by atoms with Gasteiger partial charge in [0.2, 0.25) is 0 Å². The highest BCUT2D eigenvalue weighted by molar-refractivity contribution is 5.85. The molecule has 1 heterocycles. The van der Waals surface area contributed by atoms with Crippen LogP contribution >= 0.6 is 24.8 Å². The molecule has 1 fully saturated rings. The third-order valence-electron chi connectivity index (χ3n) is 2.02. The van der Waals surface area contributed by atoms with Gasteiger partial charge in [-0.05, 0) is 6.92 Å². The van der Waals surface area contributed by atoms with Crippen LogP contribution in [0.15, 0.2) is 0 Å². The Labute approximate surface area is 94.0 Å². The molecule has 88 valence electrons. The second-order valence-electron chi connectivity index (χ2n) is 3.14. The molecule has 0 aromatic heterocycles. The summed E-state index contributed by atoms with van der Waals surface area (Å²) in [5, 5.41) is 3.04. The average Bonchev–Trinajstić information content (AvgIpc) is 1.91. The molecule has 0 unspecified atom stereocenters. The van der Waals surface area contributed by atoms with E-state index >= 15 is 0 Å². The van der Waals surface area contributed by atoms with Gasteiger partial charge in [0.05, 0.1) is 6.54 Å². The van der Waals surface area contributed by atoms with Gasteiger partial charge in [0.25, 0.3) is 0 Å². The van der Waals surface area contributed by atoms with E-state index in [1.165, 1.54) is 4.90 Å². The first kappa shape index (κ1) is 16.7. The molecule has 0 saturated carbocycles. The monoisotopic (exact) mass is 254 g/mol. The molecule has 2 nitrogen and oxygen atoms in total. The van der Waals surface area contributed by atoms with Crippen molar-refractivity contribution in [3.63, 3.8) is 0 Å².